The fourth-order valence-electron chi connectivity index (χ4n) is 4.09. The second kappa shape index (κ2) is 11.8. The molecule has 2 aromatic carbocycles. The number of nitrogens with zero attached hydrogens (tertiary/aromatic N) is 2. The van der Waals surface area contributed by atoms with Crippen molar-refractivity contribution in [3.05, 3.63) is 80.8 Å². The maximum atomic E-state index is 13.4. The number of rotatable bonds is 9. The lowest BCUT2D eigenvalue weighted by molar-refractivity contribution is -0.132. The number of carbonyl (C=O) groups excluding carboxylic acids is 3. The van der Waals surface area contributed by atoms with Crippen LogP contribution in [0.2, 0.25) is 5.02 Å². The first-order valence-electron chi connectivity index (χ1n) is 12.2. The van der Waals surface area contributed by atoms with Crippen LogP contribution in [0.1, 0.15) is 59.2 Å². The average molecular weight is 555 g/mol. The molecule has 1 unspecified atom stereocenters. The van der Waals surface area contributed by atoms with Gasteiger partial charge in [-0.25, -0.2) is 9.78 Å². The Morgan fingerprint density at radius 3 is 2.58 bits per heavy atom. The van der Waals surface area contributed by atoms with E-state index in [1.807, 2.05) is 0 Å². The number of benzene rings is 2. The van der Waals surface area contributed by atoms with Crippen molar-refractivity contribution in [3.8, 4) is 5.75 Å². The third-order valence-corrected chi connectivity index (χ3v) is 7.34. The quantitative estimate of drug-likeness (QED) is 0.112. The van der Waals surface area contributed by atoms with E-state index in [1.165, 1.54) is 4.90 Å². The number of esters is 1. The number of anilines is 1. The highest BCUT2D eigenvalue weighted by Gasteiger charge is 2.48. The molecule has 4 rings (SSSR count). The smallest absolute Gasteiger partial charge is 0.350 e. The Morgan fingerprint density at radius 2 is 1.89 bits per heavy atom. The van der Waals surface area contributed by atoms with Crippen LogP contribution < -0.4 is 9.64 Å². The Kier molecular flexibility index (Phi) is 8.48. The summed E-state index contributed by atoms with van der Waals surface area (Å²) in [5, 5.41) is 11.9. The fourth-order valence-corrected chi connectivity index (χ4v) is 5.20. The molecule has 198 valence electrons. The molecular weight excluding hydrogens is 528 g/mol. The van der Waals surface area contributed by atoms with Gasteiger partial charge in [-0.1, -0.05) is 48.4 Å². The van der Waals surface area contributed by atoms with Gasteiger partial charge in [0.15, 0.2) is 5.13 Å². The van der Waals surface area contributed by atoms with Crippen molar-refractivity contribution in [2.45, 2.75) is 39.7 Å². The summed E-state index contributed by atoms with van der Waals surface area (Å²) in [6, 6.07) is 12.3. The Labute approximate surface area is 229 Å². The molecule has 0 radical (unpaired) electrons. The molecule has 1 N–H and O–H groups in total. The molecule has 0 saturated carbocycles. The van der Waals surface area contributed by atoms with Gasteiger partial charge in [-0.15, -0.1) is 0 Å². The standard InChI is InChI=1S/C28H27ClN2O6S/c1-4-6-14-37-20-9-7-8-18(15-20)22-21(23(32)17-10-12-19(29)13-11-17)24(33)26(34)31(22)28-30-16(3)25(38-28)27(35)36-5-2/h7-13,15,22,32H,4-6,14H2,1-3H3. The van der Waals surface area contributed by atoms with E-state index in [9.17, 15) is 19.5 Å². The number of Topliss-reactive ketones (excluding diaryl/α,β-unsaturated/α-hetero) is 1. The third-order valence-electron chi connectivity index (χ3n) is 5.95. The largest absolute Gasteiger partial charge is 0.507 e. The number of aryl methyl sites for hydroxylation is 1. The Balaban J connectivity index is 1.87. The van der Waals surface area contributed by atoms with Gasteiger partial charge in [-0.3, -0.25) is 14.5 Å². The molecule has 38 heavy (non-hydrogen) atoms. The Bertz CT molecular complexity index is 1400. The maximum Gasteiger partial charge on any atom is 0.350 e. The van der Waals surface area contributed by atoms with Crippen LogP contribution in [0.5, 0.6) is 5.75 Å². The van der Waals surface area contributed by atoms with Crippen LogP contribution in [0.25, 0.3) is 5.76 Å². The second-order valence-corrected chi connectivity index (χ2v) is 10.00. The first kappa shape index (κ1) is 27.3. The lowest BCUT2D eigenvalue weighted by atomic mass is 9.95. The molecule has 0 aliphatic carbocycles. The van der Waals surface area contributed by atoms with Crippen molar-refractivity contribution in [3.63, 3.8) is 0 Å². The second-order valence-electron chi connectivity index (χ2n) is 8.58. The number of ether oxygens (including phenoxy) is 2. The van der Waals surface area contributed by atoms with Crippen molar-refractivity contribution >= 4 is 51.5 Å². The van der Waals surface area contributed by atoms with E-state index in [4.69, 9.17) is 21.1 Å². The number of thiazole rings is 1. The Morgan fingerprint density at radius 1 is 1.16 bits per heavy atom. The number of unbranched alkanes of at least 4 members (excludes halogenated alkanes) is 1. The van der Waals surface area contributed by atoms with Crippen LogP contribution >= 0.6 is 22.9 Å². The first-order valence-corrected chi connectivity index (χ1v) is 13.4. The van der Waals surface area contributed by atoms with E-state index in [1.54, 1.807) is 62.4 Å². The van der Waals surface area contributed by atoms with E-state index in [0.29, 0.717) is 34.2 Å². The summed E-state index contributed by atoms with van der Waals surface area (Å²) >= 11 is 6.96. The molecule has 3 aromatic rings. The minimum Gasteiger partial charge on any atom is -0.507 e. The summed E-state index contributed by atoms with van der Waals surface area (Å²) in [4.78, 5) is 45.2. The number of aromatic nitrogens is 1. The molecule has 1 atom stereocenters. The molecule has 8 nitrogen and oxygen atoms in total. The number of hydrogen-bond acceptors (Lipinski definition) is 8. The molecule has 1 aliphatic rings. The molecular formula is C28H27ClN2O6S. The van der Waals surface area contributed by atoms with Crippen molar-refractivity contribution in [1.82, 2.24) is 4.98 Å². The van der Waals surface area contributed by atoms with Crippen molar-refractivity contribution < 1.29 is 29.0 Å². The Hall–Kier alpha value is -3.69. The molecule has 2 heterocycles. The normalized spacial score (nSPS) is 16.6. The van der Waals surface area contributed by atoms with E-state index < -0.39 is 23.7 Å². The molecule has 0 bridgehead atoms. The highest BCUT2D eigenvalue weighted by atomic mass is 35.5. The number of ketones is 1. The topological polar surface area (TPSA) is 106 Å². The van der Waals surface area contributed by atoms with Gasteiger partial charge in [-0.05, 0) is 62.2 Å². The van der Waals surface area contributed by atoms with Crippen molar-refractivity contribution in [2.24, 2.45) is 0 Å². The number of aliphatic hydroxyl groups is 1. The monoisotopic (exact) mass is 554 g/mol. The van der Waals surface area contributed by atoms with Crippen LogP contribution in [0, 0.1) is 6.92 Å². The molecule has 1 amide bonds. The molecule has 1 fully saturated rings. The lowest BCUT2D eigenvalue weighted by Gasteiger charge is -2.23. The zero-order valence-electron chi connectivity index (χ0n) is 21.2. The van der Waals surface area contributed by atoms with E-state index in [0.717, 1.165) is 24.2 Å². The summed E-state index contributed by atoms with van der Waals surface area (Å²) in [5.41, 5.74) is 1.14. The van der Waals surface area contributed by atoms with Crippen molar-refractivity contribution in [1.29, 1.82) is 0 Å². The summed E-state index contributed by atoms with van der Waals surface area (Å²) in [7, 11) is 0. The lowest BCUT2D eigenvalue weighted by Crippen LogP contribution is -2.29. The van der Waals surface area contributed by atoms with Gasteiger partial charge in [0.25, 0.3) is 5.78 Å². The van der Waals surface area contributed by atoms with Gasteiger partial charge in [-0.2, -0.15) is 0 Å². The van der Waals surface area contributed by atoms with E-state index in [2.05, 4.69) is 11.9 Å². The van der Waals surface area contributed by atoms with Crippen LogP contribution in [-0.2, 0) is 14.3 Å². The van der Waals surface area contributed by atoms with Crippen LogP contribution in [-0.4, -0.2) is 41.0 Å². The van der Waals surface area contributed by atoms with Gasteiger partial charge in [0.2, 0.25) is 0 Å². The highest BCUT2D eigenvalue weighted by molar-refractivity contribution is 7.17. The maximum absolute atomic E-state index is 13.4. The zero-order chi connectivity index (χ0) is 27.4. The van der Waals surface area contributed by atoms with E-state index in [-0.39, 0.29) is 27.9 Å². The molecule has 1 aromatic heterocycles. The zero-order valence-corrected chi connectivity index (χ0v) is 22.8. The predicted molar refractivity (Wildman–Crippen MR) is 146 cm³/mol. The van der Waals surface area contributed by atoms with Gasteiger partial charge >= 0.3 is 11.9 Å². The SMILES string of the molecule is CCCCOc1cccc(C2C(=C(O)c3ccc(Cl)cc3)C(=O)C(=O)N2c2nc(C)c(C(=O)OCC)s2)c1. The molecule has 1 aliphatic heterocycles. The number of hydrogen-bond donors (Lipinski definition) is 1. The molecule has 0 spiro atoms. The number of halogens is 1. The highest BCUT2D eigenvalue weighted by Crippen LogP contribution is 2.44. The van der Waals surface area contributed by atoms with Gasteiger partial charge in [0, 0.05) is 10.6 Å². The predicted octanol–water partition coefficient (Wildman–Crippen LogP) is 6.09. The molecule has 1 saturated heterocycles. The minimum absolute atomic E-state index is 0.103. The fraction of sp³-hybridized carbons (Fsp3) is 0.286. The van der Waals surface area contributed by atoms with Crippen LogP contribution in [0.15, 0.2) is 54.1 Å². The number of aliphatic hydroxyl groups excluding tert-OH is 1. The van der Waals surface area contributed by atoms with E-state index >= 15 is 0 Å². The molecule has 10 heteroatoms. The number of carbonyl (C=O) groups is 3. The third kappa shape index (κ3) is 5.44. The summed E-state index contributed by atoms with van der Waals surface area (Å²) in [6.45, 7) is 6.08. The number of amides is 1. The first-order chi connectivity index (χ1) is 18.3. The van der Waals surface area contributed by atoms with Gasteiger partial charge in [0.05, 0.1) is 30.5 Å². The van der Waals surface area contributed by atoms with Crippen LogP contribution in [0.4, 0.5) is 5.13 Å². The summed E-state index contributed by atoms with van der Waals surface area (Å²) < 4.78 is 11.0. The average Bonchev–Trinajstić information content (AvgIpc) is 3.41. The summed E-state index contributed by atoms with van der Waals surface area (Å²) in [5.74, 6) is -2.08. The van der Waals surface area contributed by atoms with Gasteiger partial charge < -0.3 is 14.6 Å². The summed E-state index contributed by atoms with van der Waals surface area (Å²) in [6.07, 6.45) is 1.83. The van der Waals surface area contributed by atoms with Crippen LogP contribution in [0.3, 0.4) is 0 Å². The van der Waals surface area contributed by atoms with Gasteiger partial charge in [0.1, 0.15) is 16.4 Å². The minimum atomic E-state index is -1.01. The van der Waals surface area contributed by atoms with Crippen molar-refractivity contribution in [2.75, 3.05) is 18.1 Å².